The van der Waals surface area contributed by atoms with Gasteiger partial charge in [-0.1, -0.05) is 6.07 Å². The summed E-state index contributed by atoms with van der Waals surface area (Å²) in [7, 11) is 3.26. The largest absolute Gasteiger partial charge is 0.493 e. The molecular weight excluding hydrogens is 242 g/mol. The van der Waals surface area contributed by atoms with Crippen molar-refractivity contribution in [1.29, 1.82) is 0 Å². The molecule has 5 heteroatoms. The van der Waals surface area contributed by atoms with Crippen LogP contribution in [-0.4, -0.2) is 30.7 Å². The second-order valence-corrected chi connectivity index (χ2v) is 4.26. The van der Waals surface area contributed by atoms with E-state index in [0.717, 1.165) is 41.4 Å². The Kier molecular flexibility index (Phi) is 4.41. The van der Waals surface area contributed by atoms with Gasteiger partial charge in [0.1, 0.15) is 5.82 Å². The van der Waals surface area contributed by atoms with E-state index < -0.39 is 0 Å². The molecule has 0 aliphatic heterocycles. The van der Waals surface area contributed by atoms with E-state index >= 15 is 0 Å². The van der Waals surface area contributed by atoms with Crippen LogP contribution in [0.25, 0.3) is 0 Å². The summed E-state index contributed by atoms with van der Waals surface area (Å²) in [6.07, 6.45) is 3.38. The lowest BCUT2D eigenvalue weighted by Gasteiger charge is -2.08. The molecule has 3 N–H and O–H groups in total. The van der Waals surface area contributed by atoms with Crippen molar-refractivity contribution in [3.8, 4) is 11.5 Å². The third-order valence-corrected chi connectivity index (χ3v) is 2.91. The Balaban J connectivity index is 2.13. The molecule has 0 fully saturated rings. The molecule has 0 unspecified atom stereocenters. The Bertz CT molecular complexity index is 537. The van der Waals surface area contributed by atoms with Crippen molar-refractivity contribution in [3.63, 3.8) is 0 Å². The molecule has 102 valence electrons. The quantitative estimate of drug-likeness (QED) is 0.827. The molecule has 5 nitrogen and oxygen atoms in total. The number of nitrogens with two attached hydrogens (primary N) is 1. The molecule has 1 heterocycles. The second-order valence-electron chi connectivity index (χ2n) is 4.26. The topological polar surface area (TPSA) is 73.2 Å². The Hall–Kier alpha value is -2.01. The molecule has 1 aromatic carbocycles. The first-order chi connectivity index (χ1) is 9.26. The molecule has 2 aromatic rings. The zero-order valence-corrected chi connectivity index (χ0v) is 11.3. The minimum absolute atomic E-state index is 0.623. The lowest BCUT2D eigenvalue weighted by molar-refractivity contribution is 0.354. The van der Waals surface area contributed by atoms with E-state index in [-0.39, 0.29) is 0 Å². The average Bonchev–Trinajstić information content (AvgIpc) is 2.86. The van der Waals surface area contributed by atoms with Crippen LogP contribution >= 0.6 is 0 Å². The van der Waals surface area contributed by atoms with Gasteiger partial charge in [-0.05, 0) is 24.2 Å². The summed E-state index contributed by atoms with van der Waals surface area (Å²) in [5.41, 5.74) is 7.70. The van der Waals surface area contributed by atoms with Gasteiger partial charge in [-0.2, -0.15) is 0 Å². The molecule has 0 radical (unpaired) electrons. The van der Waals surface area contributed by atoms with Gasteiger partial charge in [-0.15, -0.1) is 0 Å². The van der Waals surface area contributed by atoms with Crippen LogP contribution in [0.1, 0.15) is 17.1 Å². The van der Waals surface area contributed by atoms with Crippen molar-refractivity contribution in [2.75, 3.05) is 20.8 Å². The van der Waals surface area contributed by atoms with Crippen molar-refractivity contribution in [1.82, 2.24) is 9.97 Å². The van der Waals surface area contributed by atoms with Crippen molar-refractivity contribution < 1.29 is 9.47 Å². The van der Waals surface area contributed by atoms with Crippen LogP contribution in [0, 0.1) is 0 Å². The van der Waals surface area contributed by atoms with Crippen LogP contribution in [-0.2, 0) is 12.8 Å². The van der Waals surface area contributed by atoms with E-state index in [2.05, 4.69) is 9.97 Å². The normalized spacial score (nSPS) is 10.5. The van der Waals surface area contributed by atoms with Gasteiger partial charge in [-0.25, -0.2) is 4.98 Å². The smallest absolute Gasteiger partial charge is 0.161 e. The molecular formula is C14H19N3O2. The summed E-state index contributed by atoms with van der Waals surface area (Å²) in [5.74, 6) is 2.39. The molecule has 0 amide bonds. The first-order valence-corrected chi connectivity index (χ1v) is 6.20. The molecule has 2 rings (SSSR count). The summed E-state index contributed by atoms with van der Waals surface area (Å²) < 4.78 is 10.5. The predicted molar refractivity (Wildman–Crippen MR) is 73.7 cm³/mol. The second kappa shape index (κ2) is 6.24. The number of imidazole rings is 1. The fraction of sp³-hybridized carbons (Fsp3) is 0.357. The standard InChI is InChI=1S/C14H19N3O2/c1-18-12-4-3-10(7-13(12)19-2)8-14-16-9-11(17-14)5-6-15/h3-4,7,9H,5-6,8,15H2,1-2H3,(H,16,17). The lowest BCUT2D eigenvalue weighted by Crippen LogP contribution is -2.03. The van der Waals surface area contributed by atoms with Gasteiger partial charge in [-0.3, -0.25) is 0 Å². The van der Waals surface area contributed by atoms with Gasteiger partial charge >= 0.3 is 0 Å². The minimum Gasteiger partial charge on any atom is -0.493 e. The van der Waals surface area contributed by atoms with Crippen LogP contribution in [0.4, 0.5) is 0 Å². The maximum atomic E-state index is 5.51. The number of methoxy groups -OCH3 is 2. The maximum absolute atomic E-state index is 5.51. The van der Waals surface area contributed by atoms with E-state index in [9.17, 15) is 0 Å². The first kappa shape index (κ1) is 13.4. The minimum atomic E-state index is 0.623. The number of hydrogen-bond acceptors (Lipinski definition) is 4. The number of H-pyrrole nitrogens is 1. The van der Waals surface area contributed by atoms with Crippen LogP contribution < -0.4 is 15.2 Å². The predicted octanol–water partition coefficient (Wildman–Crippen LogP) is 1.52. The van der Waals surface area contributed by atoms with Crippen LogP contribution in [0.5, 0.6) is 11.5 Å². The number of aromatic amines is 1. The van der Waals surface area contributed by atoms with E-state index in [1.54, 1.807) is 14.2 Å². The highest BCUT2D eigenvalue weighted by atomic mass is 16.5. The van der Waals surface area contributed by atoms with Gasteiger partial charge in [0.25, 0.3) is 0 Å². The number of benzene rings is 1. The Labute approximate surface area is 112 Å². The summed E-state index contributed by atoms with van der Waals surface area (Å²) >= 11 is 0. The summed E-state index contributed by atoms with van der Waals surface area (Å²) in [4.78, 5) is 7.61. The van der Waals surface area contributed by atoms with Crippen LogP contribution in [0.3, 0.4) is 0 Å². The molecule has 0 aliphatic rings. The summed E-state index contributed by atoms with van der Waals surface area (Å²) in [6, 6.07) is 5.87. The van der Waals surface area contributed by atoms with E-state index in [0.29, 0.717) is 6.54 Å². The van der Waals surface area contributed by atoms with Gasteiger partial charge in [0.15, 0.2) is 11.5 Å². The summed E-state index contributed by atoms with van der Waals surface area (Å²) in [5, 5.41) is 0. The molecule has 1 aromatic heterocycles. The molecule has 0 bridgehead atoms. The highest BCUT2D eigenvalue weighted by Gasteiger charge is 2.07. The highest BCUT2D eigenvalue weighted by Crippen LogP contribution is 2.28. The van der Waals surface area contributed by atoms with Crippen molar-refractivity contribution in [2.24, 2.45) is 5.73 Å². The maximum Gasteiger partial charge on any atom is 0.161 e. The number of rotatable bonds is 6. The van der Waals surface area contributed by atoms with Gasteiger partial charge in [0.05, 0.1) is 14.2 Å². The van der Waals surface area contributed by atoms with Crippen LogP contribution in [0.15, 0.2) is 24.4 Å². The zero-order valence-electron chi connectivity index (χ0n) is 11.3. The number of aromatic nitrogens is 2. The van der Waals surface area contributed by atoms with Crippen molar-refractivity contribution in [3.05, 3.63) is 41.5 Å². The number of nitrogens with one attached hydrogen (secondary N) is 1. The molecule has 19 heavy (non-hydrogen) atoms. The zero-order chi connectivity index (χ0) is 13.7. The average molecular weight is 261 g/mol. The van der Waals surface area contributed by atoms with Gasteiger partial charge in [0, 0.05) is 24.7 Å². The van der Waals surface area contributed by atoms with Gasteiger partial charge in [0.2, 0.25) is 0 Å². The molecule has 0 atom stereocenters. The van der Waals surface area contributed by atoms with E-state index in [4.69, 9.17) is 15.2 Å². The fourth-order valence-electron chi connectivity index (χ4n) is 1.96. The fourth-order valence-corrected chi connectivity index (χ4v) is 1.96. The summed E-state index contributed by atoms with van der Waals surface area (Å²) in [6.45, 7) is 0.623. The Morgan fingerprint density at radius 1 is 1.21 bits per heavy atom. The number of ether oxygens (including phenoxy) is 2. The molecule has 0 aliphatic carbocycles. The highest BCUT2D eigenvalue weighted by molar-refractivity contribution is 5.43. The molecule has 0 spiro atoms. The Morgan fingerprint density at radius 3 is 2.68 bits per heavy atom. The SMILES string of the molecule is COc1ccc(Cc2ncc(CCN)[nH]2)cc1OC. The monoisotopic (exact) mass is 261 g/mol. The van der Waals surface area contributed by atoms with Gasteiger partial charge < -0.3 is 20.2 Å². The molecule has 0 saturated heterocycles. The Morgan fingerprint density at radius 2 is 2.00 bits per heavy atom. The van der Waals surface area contributed by atoms with E-state index in [1.807, 2.05) is 24.4 Å². The molecule has 0 saturated carbocycles. The number of hydrogen-bond donors (Lipinski definition) is 2. The third kappa shape index (κ3) is 3.26. The lowest BCUT2D eigenvalue weighted by atomic mass is 10.1. The number of nitrogens with zero attached hydrogens (tertiary/aromatic N) is 1. The van der Waals surface area contributed by atoms with Crippen molar-refractivity contribution >= 4 is 0 Å². The first-order valence-electron chi connectivity index (χ1n) is 6.20. The van der Waals surface area contributed by atoms with E-state index in [1.165, 1.54) is 0 Å². The van der Waals surface area contributed by atoms with Crippen LogP contribution in [0.2, 0.25) is 0 Å². The third-order valence-electron chi connectivity index (χ3n) is 2.91. The van der Waals surface area contributed by atoms with Crippen molar-refractivity contribution in [2.45, 2.75) is 12.8 Å².